The van der Waals surface area contributed by atoms with Gasteiger partial charge in [-0.25, -0.2) is 4.98 Å². The summed E-state index contributed by atoms with van der Waals surface area (Å²) >= 11 is 1.25. The van der Waals surface area contributed by atoms with Crippen LogP contribution in [0.25, 0.3) is 0 Å². The molecular formula is C20H22N4O2S. The molecule has 0 spiro atoms. The van der Waals surface area contributed by atoms with Crippen LogP contribution in [0.3, 0.4) is 0 Å². The van der Waals surface area contributed by atoms with Crippen molar-refractivity contribution in [3.63, 3.8) is 0 Å². The molecule has 1 atom stereocenters. The highest BCUT2D eigenvalue weighted by Gasteiger charge is 2.18. The number of amides is 2. The number of nitriles is 1. The van der Waals surface area contributed by atoms with E-state index in [1.165, 1.54) is 11.8 Å². The molecule has 0 saturated carbocycles. The molecule has 1 heterocycles. The van der Waals surface area contributed by atoms with Crippen molar-refractivity contribution in [1.82, 2.24) is 4.98 Å². The van der Waals surface area contributed by atoms with Crippen LogP contribution in [-0.2, 0) is 11.2 Å². The number of carbonyl (C=O) groups is 2. The summed E-state index contributed by atoms with van der Waals surface area (Å²) in [6, 6.07) is 12.1. The molecule has 0 saturated heterocycles. The van der Waals surface area contributed by atoms with E-state index in [2.05, 4.69) is 30.2 Å². The molecule has 0 aliphatic carbocycles. The van der Waals surface area contributed by atoms with Gasteiger partial charge in [0.2, 0.25) is 11.8 Å². The van der Waals surface area contributed by atoms with Crippen molar-refractivity contribution >= 4 is 29.3 Å². The summed E-state index contributed by atoms with van der Waals surface area (Å²) in [5, 5.41) is 12.2. The molecule has 0 radical (unpaired) electrons. The molecule has 140 valence electrons. The molecule has 0 aliphatic heterocycles. The van der Waals surface area contributed by atoms with Crippen molar-refractivity contribution in [2.75, 3.05) is 5.32 Å². The van der Waals surface area contributed by atoms with E-state index >= 15 is 0 Å². The minimum atomic E-state index is -0.520. The fourth-order valence-corrected chi connectivity index (χ4v) is 3.28. The lowest BCUT2D eigenvalue weighted by molar-refractivity contribution is -0.115. The lowest BCUT2D eigenvalue weighted by Crippen LogP contribution is -2.22. The van der Waals surface area contributed by atoms with Crippen LogP contribution in [0.4, 0.5) is 5.69 Å². The first kappa shape index (κ1) is 20.5. The van der Waals surface area contributed by atoms with E-state index in [0.717, 1.165) is 12.1 Å². The predicted octanol–water partition coefficient (Wildman–Crippen LogP) is 3.37. The molecule has 1 aromatic heterocycles. The Bertz CT molecular complexity index is 873. The van der Waals surface area contributed by atoms with Gasteiger partial charge in [-0.3, -0.25) is 9.59 Å². The minimum absolute atomic E-state index is 0.216. The summed E-state index contributed by atoms with van der Waals surface area (Å²) < 4.78 is 0. The van der Waals surface area contributed by atoms with Gasteiger partial charge in [0.1, 0.15) is 11.1 Å². The van der Waals surface area contributed by atoms with Crippen molar-refractivity contribution in [1.29, 1.82) is 5.26 Å². The fraction of sp³-hybridized carbons (Fsp3) is 0.300. The minimum Gasteiger partial charge on any atom is -0.366 e. The van der Waals surface area contributed by atoms with E-state index in [1.54, 1.807) is 37.3 Å². The van der Waals surface area contributed by atoms with Crippen LogP contribution in [0.5, 0.6) is 0 Å². The molecule has 6 nitrogen and oxygen atoms in total. The normalized spacial score (nSPS) is 11.7. The Labute approximate surface area is 163 Å². The number of aromatic nitrogens is 1. The Morgan fingerprint density at radius 3 is 2.41 bits per heavy atom. The molecule has 0 aliphatic rings. The largest absolute Gasteiger partial charge is 0.366 e. The van der Waals surface area contributed by atoms with E-state index < -0.39 is 11.2 Å². The average Bonchev–Trinajstić information content (AvgIpc) is 2.61. The number of hydrogen-bond acceptors (Lipinski definition) is 5. The second kappa shape index (κ2) is 9.19. The standard InChI is InChI=1S/C20H22N4O2S/c1-12(2)10-17-9-6-15(11-21)20(24-17)27-13(3)19(26)23-16-7-4-14(5-8-16)18(22)25/h4-9,12-13H,10H2,1-3H3,(H2,22,25)(H,23,26). The number of thioether (sulfide) groups is 1. The molecule has 0 bridgehead atoms. The monoisotopic (exact) mass is 382 g/mol. The number of carbonyl (C=O) groups excluding carboxylic acids is 2. The van der Waals surface area contributed by atoms with E-state index in [-0.39, 0.29) is 5.91 Å². The Balaban J connectivity index is 2.09. The van der Waals surface area contributed by atoms with Gasteiger partial charge in [-0.15, -0.1) is 0 Å². The van der Waals surface area contributed by atoms with Crippen LogP contribution in [0, 0.1) is 17.2 Å². The number of pyridine rings is 1. The third-order valence-electron chi connectivity index (χ3n) is 3.75. The molecular weight excluding hydrogens is 360 g/mol. The summed E-state index contributed by atoms with van der Waals surface area (Å²) in [6.45, 7) is 5.97. The third-order valence-corrected chi connectivity index (χ3v) is 4.85. The first-order chi connectivity index (χ1) is 12.8. The second-order valence-corrected chi connectivity index (χ2v) is 7.89. The van der Waals surface area contributed by atoms with E-state index in [4.69, 9.17) is 5.73 Å². The fourth-order valence-electron chi connectivity index (χ4n) is 2.37. The summed E-state index contributed by atoms with van der Waals surface area (Å²) in [4.78, 5) is 28.1. The highest BCUT2D eigenvalue weighted by molar-refractivity contribution is 8.00. The average molecular weight is 382 g/mol. The first-order valence-corrected chi connectivity index (χ1v) is 9.45. The zero-order chi connectivity index (χ0) is 20.0. The van der Waals surface area contributed by atoms with Crippen molar-refractivity contribution in [3.8, 4) is 6.07 Å². The molecule has 0 fully saturated rings. The maximum atomic E-state index is 12.5. The van der Waals surface area contributed by atoms with Gasteiger partial charge in [0, 0.05) is 16.9 Å². The van der Waals surface area contributed by atoms with Crippen molar-refractivity contribution < 1.29 is 9.59 Å². The SMILES string of the molecule is CC(C)Cc1ccc(C#N)c(SC(C)C(=O)Nc2ccc(C(N)=O)cc2)n1. The van der Waals surface area contributed by atoms with E-state index in [9.17, 15) is 14.9 Å². The van der Waals surface area contributed by atoms with Gasteiger partial charge >= 0.3 is 0 Å². The Morgan fingerprint density at radius 2 is 1.85 bits per heavy atom. The van der Waals surface area contributed by atoms with Gasteiger partial charge in [0.05, 0.1) is 10.8 Å². The molecule has 2 rings (SSSR count). The van der Waals surface area contributed by atoms with Crippen LogP contribution in [0.1, 0.15) is 42.4 Å². The number of benzene rings is 1. The quantitative estimate of drug-likeness (QED) is 0.714. The topological polar surface area (TPSA) is 109 Å². The number of nitrogens with one attached hydrogen (secondary N) is 1. The summed E-state index contributed by atoms with van der Waals surface area (Å²) in [5.41, 5.74) is 7.51. The molecule has 3 N–H and O–H groups in total. The zero-order valence-corrected chi connectivity index (χ0v) is 16.3. The highest BCUT2D eigenvalue weighted by Crippen LogP contribution is 2.26. The Kier molecular flexibility index (Phi) is 6.97. The van der Waals surface area contributed by atoms with E-state index in [1.807, 2.05) is 6.07 Å². The van der Waals surface area contributed by atoms with Gasteiger partial charge in [-0.05, 0) is 55.7 Å². The summed E-state index contributed by atoms with van der Waals surface area (Å²) in [6.07, 6.45) is 0.812. The smallest absolute Gasteiger partial charge is 0.248 e. The van der Waals surface area contributed by atoms with E-state index in [0.29, 0.717) is 27.8 Å². The third kappa shape index (κ3) is 5.83. The lowest BCUT2D eigenvalue weighted by atomic mass is 10.1. The predicted molar refractivity (Wildman–Crippen MR) is 106 cm³/mol. The Morgan fingerprint density at radius 1 is 1.19 bits per heavy atom. The van der Waals surface area contributed by atoms with Gasteiger partial charge in [0.15, 0.2) is 0 Å². The molecule has 1 aromatic carbocycles. The number of rotatable bonds is 7. The number of primary amides is 1. The summed E-state index contributed by atoms with van der Waals surface area (Å²) in [7, 11) is 0. The molecule has 1 unspecified atom stereocenters. The first-order valence-electron chi connectivity index (χ1n) is 8.57. The van der Waals surface area contributed by atoms with Crippen LogP contribution in [0.2, 0.25) is 0 Å². The maximum absolute atomic E-state index is 12.5. The zero-order valence-electron chi connectivity index (χ0n) is 15.5. The van der Waals surface area contributed by atoms with Crippen LogP contribution < -0.4 is 11.1 Å². The van der Waals surface area contributed by atoms with Gasteiger partial charge in [0.25, 0.3) is 0 Å². The maximum Gasteiger partial charge on any atom is 0.248 e. The molecule has 7 heteroatoms. The number of anilines is 1. The Hall–Kier alpha value is -2.85. The number of nitrogens with zero attached hydrogens (tertiary/aromatic N) is 2. The summed E-state index contributed by atoms with van der Waals surface area (Å²) in [5.74, 6) is -0.285. The molecule has 2 amide bonds. The second-order valence-electron chi connectivity index (χ2n) is 6.56. The van der Waals surface area contributed by atoms with Gasteiger partial charge < -0.3 is 11.1 Å². The van der Waals surface area contributed by atoms with Crippen LogP contribution >= 0.6 is 11.8 Å². The van der Waals surface area contributed by atoms with Crippen molar-refractivity contribution in [2.45, 2.75) is 37.5 Å². The van der Waals surface area contributed by atoms with Gasteiger partial charge in [-0.2, -0.15) is 5.26 Å². The highest BCUT2D eigenvalue weighted by atomic mass is 32.2. The number of nitrogens with two attached hydrogens (primary N) is 1. The molecule has 2 aromatic rings. The van der Waals surface area contributed by atoms with Crippen LogP contribution in [0.15, 0.2) is 41.4 Å². The van der Waals surface area contributed by atoms with Crippen molar-refractivity contribution in [2.24, 2.45) is 11.7 Å². The van der Waals surface area contributed by atoms with Crippen molar-refractivity contribution in [3.05, 3.63) is 53.2 Å². The lowest BCUT2D eigenvalue weighted by Gasteiger charge is -2.13. The molecule has 27 heavy (non-hydrogen) atoms. The number of hydrogen-bond donors (Lipinski definition) is 2. The van der Waals surface area contributed by atoms with Crippen LogP contribution in [-0.4, -0.2) is 22.0 Å². The van der Waals surface area contributed by atoms with Gasteiger partial charge in [-0.1, -0.05) is 25.6 Å².